The van der Waals surface area contributed by atoms with Crippen LogP contribution < -0.4 is 5.32 Å². The number of nitrogens with zero attached hydrogens (tertiary/aromatic N) is 2. The molecular formula is C20H23N3O2S. The lowest BCUT2D eigenvalue weighted by atomic mass is 9.95. The lowest BCUT2D eigenvalue weighted by molar-refractivity contribution is -0.126. The second-order valence-corrected chi connectivity index (χ2v) is 7.25. The maximum Gasteiger partial charge on any atom is 0.253 e. The van der Waals surface area contributed by atoms with E-state index in [1.54, 1.807) is 24.2 Å². The van der Waals surface area contributed by atoms with E-state index in [1.165, 1.54) is 0 Å². The highest BCUT2D eigenvalue weighted by Crippen LogP contribution is 2.21. The van der Waals surface area contributed by atoms with Gasteiger partial charge in [0.25, 0.3) is 5.91 Å². The summed E-state index contributed by atoms with van der Waals surface area (Å²) >= 11 is 1.66. The van der Waals surface area contributed by atoms with Gasteiger partial charge >= 0.3 is 0 Å². The number of aromatic nitrogens is 1. The van der Waals surface area contributed by atoms with Gasteiger partial charge in [0.2, 0.25) is 5.91 Å². The highest BCUT2D eigenvalue weighted by Gasteiger charge is 2.27. The molecule has 6 heteroatoms. The van der Waals surface area contributed by atoms with Gasteiger partial charge in [-0.1, -0.05) is 6.07 Å². The van der Waals surface area contributed by atoms with Crippen molar-refractivity contribution in [1.82, 2.24) is 15.2 Å². The quantitative estimate of drug-likeness (QED) is 0.823. The van der Waals surface area contributed by atoms with Crippen molar-refractivity contribution < 1.29 is 9.59 Å². The Morgan fingerprint density at radius 2 is 1.92 bits per heavy atom. The number of pyridine rings is 1. The molecule has 0 aliphatic carbocycles. The van der Waals surface area contributed by atoms with Crippen molar-refractivity contribution in [2.45, 2.75) is 24.3 Å². The van der Waals surface area contributed by atoms with Gasteiger partial charge in [-0.25, -0.2) is 0 Å². The molecule has 1 aliphatic rings. The number of amides is 2. The molecule has 0 spiro atoms. The summed E-state index contributed by atoms with van der Waals surface area (Å²) in [5.74, 6) is 0.0757. The minimum Gasteiger partial charge on any atom is -0.352 e. The Kier molecular flexibility index (Phi) is 6.28. The molecule has 2 aromatic rings. The Morgan fingerprint density at radius 3 is 2.54 bits per heavy atom. The number of hydrogen-bond acceptors (Lipinski definition) is 4. The third-order valence-electron chi connectivity index (χ3n) is 4.68. The fourth-order valence-electron chi connectivity index (χ4n) is 3.10. The van der Waals surface area contributed by atoms with Crippen LogP contribution in [0.1, 0.15) is 28.8 Å². The minimum absolute atomic E-state index is 0.0328. The predicted octanol–water partition coefficient (Wildman–Crippen LogP) is 2.97. The van der Waals surface area contributed by atoms with E-state index in [4.69, 9.17) is 0 Å². The van der Waals surface area contributed by atoms with Crippen LogP contribution in [-0.4, -0.2) is 41.0 Å². The van der Waals surface area contributed by atoms with Crippen molar-refractivity contribution in [2.24, 2.45) is 5.92 Å². The molecule has 1 aromatic carbocycles. The van der Waals surface area contributed by atoms with Crippen molar-refractivity contribution >= 4 is 23.6 Å². The number of likely N-dealkylation sites (tertiary alicyclic amines) is 1. The standard InChI is InChI=1S/C20H23N3O2S/c1-26-18-6-4-17(5-7-18)20(25)23-11-8-16(9-12-23)19(24)22-14-15-3-2-10-21-13-15/h2-7,10,13,16H,8-9,11-12,14H2,1H3,(H,22,24). The largest absolute Gasteiger partial charge is 0.352 e. The second kappa shape index (κ2) is 8.85. The van der Waals surface area contributed by atoms with Crippen LogP contribution in [0, 0.1) is 5.92 Å². The Balaban J connectivity index is 1.48. The van der Waals surface area contributed by atoms with E-state index < -0.39 is 0 Å². The van der Waals surface area contributed by atoms with Crippen LogP contribution in [0.2, 0.25) is 0 Å². The topological polar surface area (TPSA) is 62.3 Å². The SMILES string of the molecule is CSc1ccc(C(=O)N2CCC(C(=O)NCc3cccnc3)CC2)cc1. The van der Waals surface area contributed by atoms with Crippen molar-refractivity contribution in [3.05, 3.63) is 59.9 Å². The molecule has 5 nitrogen and oxygen atoms in total. The summed E-state index contributed by atoms with van der Waals surface area (Å²) in [6, 6.07) is 11.5. The van der Waals surface area contributed by atoms with Crippen LogP contribution >= 0.6 is 11.8 Å². The molecule has 1 aliphatic heterocycles. The maximum absolute atomic E-state index is 12.6. The predicted molar refractivity (Wildman–Crippen MR) is 103 cm³/mol. The summed E-state index contributed by atoms with van der Waals surface area (Å²) in [6.07, 6.45) is 6.89. The summed E-state index contributed by atoms with van der Waals surface area (Å²) in [7, 11) is 0. The third kappa shape index (κ3) is 4.64. The lowest BCUT2D eigenvalue weighted by Gasteiger charge is -2.31. The molecule has 26 heavy (non-hydrogen) atoms. The molecule has 0 atom stereocenters. The van der Waals surface area contributed by atoms with E-state index in [2.05, 4.69) is 10.3 Å². The van der Waals surface area contributed by atoms with Gasteiger partial charge in [-0.3, -0.25) is 14.6 Å². The normalized spacial score (nSPS) is 14.9. The molecule has 0 saturated carbocycles. The number of hydrogen-bond donors (Lipinski definition) is 1. The van der Waals surface area contributed by atoms with E-state index >= 15 is 0 Å². The average Bonchev–Trinajstić information content (AvgIpc) is 2.72. The van der Waals surface area contributed by atoms with E-state index in [-0.39, 0.29) is 17.7 Å². The number of carbonyl (C=O) groups is 2. The van der Waals surface area contributed by atoms with Gasteiger partial charge < -0.3 is 10.2 Å². The first-order valence-corrected chi connectivity index (χ1v) is 10.00. The molecule has 1 fully saturated rings. The summed E-state index contributed by atoms with van der Waals surface area (Å²) in [5, 5.41) is 2.97. The lowest BCUT2D eigenvalue weighted by Crippen LogP contribution is -2.42. The summed E-state index contributed by atoms with van der Waals surface area (Å²) < 4.78 is 0. The molecule has 1 N–H and O–H groups in total. The average molecular weight is 369 g/mol. The van der Waals surface area contributed by atoms with Gasteiger partial charge in [0.05, 0.1) is 0 Å². The van der Waals surface area contributed by atoms with Gasteiger partial charge in [-0.15, -0.1) is 11.8 Å². The third-order valence-corrected chi connectivity index (χ3v) is 5.42. The van der Waals surface area contributed by atoms with E-state index in [0.717, 1.165) is 10.5 Å². The van der Waals surface area contributed by atoms with Crippen LogP contribution in [0.25, 0.3) is 0 Å². The van der Waals surface area contributed by atoms with Crippen molar-refractivity contribution in [3.8, 4) is 0 Å². The van der Waals surface area contributed by atoms with Crippen LogP contribution in [-0.2, 0) is 11.3 Å². The number of nitrogens with one attached hydrogen (secondary N) is 1. The van der Waals surface area contributed by atoms with Gasteiger partial charge in [0.15, 0.2) is 0 Å². The molecule has 0 radical (unpaired) electrons. The first-order valence-electron chi connectivity index (χ1n) is 8.77. The van der Waals surface area contributed by atoms with Gasteiger partial charge in [0.1, 0.15) is 0 Å². The smallest absolute Gasteiger partial charge is 0.253 e. The molecule has 136 valence electrons. The van der Waals surface area contributed by atoms with Gasteiger partial charge in [-0.05, 0) is 55.0 Å². The fourth-order valence-corrected chi connectivity index (χ4v) is 3.51. The van der Waals surface area contributed by atoms with Crippen molar-refractivity contribution in [2.75, 3.05) is 19.3 Å². The highest BCUT2D eigenvalue weighted by atomic mass is 32.2. The van der Waals surface area contributed by atoms with E-state index in [9.17, 15) is 9.59 Å². The second-order valence-electron chi connectivity index (χ2n) is 6.37. The van der Waals surface area contributed by atoms with Crippen LogP contribution in [0.5, 0.6) is 0 Å². The molecule has 1 aromatic heterocycles. The Hall–Kier alpha value is -2.34. The Bertz CT molecular complexity index is 741. The summed E-state index contributed by atoms with van der Waals surface area (Å²) in [6.45, 7) is 1.73. The number of benzene rings is 1. The zero-order valence-corrected chi connectivity index (χ0v) is 15.7. The fraction of sp³-hybridized carbons (Fsp3) is 0.350. The van der Waals surface area contributed by atoms with Gasteiger partial charge in [-0.2, -0.15) is 0 Å². The molecular weight excluding hydrogens is 346 g/mol. The van der Waals surface area contributed by atoms with Crippen molar-refractivity contribution in [1.29, 1.82) is 0 Å². The van der Waals surface area contributed by atoms with Gasteiger partial charge in [0, 0.05) is 48.4 Å². The maximum atomic E-state index is 12.6. The number of piperidine rings is 1. The summed E-state index contributed by atoms with van der Waals surface area (Å²) in [4.78, 5) is 32.0. The van der Waals surface area contributed by atoms with Crippen LogP contribution in [0.3, 0.4) is 0 Å². The Morgan fingerprint density at radius 1 is 1.19 bits per heavy atom. The minimum atomic E-state index is -0.0328. The molecule has 3 rings (SSSR count). The van der Waals surface area contributed by atoms with E-state index in [1.807, 2.05) is 47.6 Å². The molecule has 0 bridgehead atoms. The van der Waals surface area contributed by atoms with Crippen LogP contribution in [0.4, 0.5) is 0 Å². The Labute approximate surface area is 158 Å². The zero-order chi connectivity index (χ0) is 18.4. The first kappa shape index (κ1) is 18.5. The molecule has 1 saturated heterocycles. The van der Waals surface area contributed by atoms with Crippen LogP contribution in [0.15, 0.2) is 53.7 Å². The monoisotopic (exact) mass is 369 g/mol. The molecule has 0 unspecified atom stereocenters. The highest BCUT2D eigenvalue weighted by molar-refractivity contribution is 7.98. The van der Waals surface area contributed by atoms with E-state index in [0.29, 0.717) is 38.0 Å². The number of thioether (sulfide) groups is 1. The first-order chi connectivity index (χ1) is 12.7. The molecule has 2 amide bonds. The molecule has 2 heterocycles. The number of rotatable bonds is 5. The van der Waals surface area contributed by atoms with Crippen molar-refractivity contribution in [3.63, 3.8) is 0 Å². The zero-order valence-electron chi connectivity index (χ0n) is 14.9. The number of carbonyl (C=O) groups excluding carboxylic acids is 2. The summed E-state index contributed by atoms with van der Waals surface area (Å²) in [5.41, 5.74) is 1.70.